The predicted molar refractivity (Wildman–Crippen MR) is 161 cm³/mol. The lowest BCUT2D eigenvalue weighted by molar-refractivity contribution is 0.0949. The van der Waals surface area contributed by atoms with Gasteiger partial charge in [-0.25, -0.2) is 13.5 Å². The molecule has 1 amide bonds. The fourth-order valence-corrected chi connectivity index (χ4v) is 6.56. The highest BCUT2D eigenvalue weighted by molar-refractivity contribution is 7.84. The third-order valence-electron chi connectivity index (χ3n) is 7.12. The van der Waals surface area contributed by atoms with Crippen molar-refractivity contribution in [3.05, 3.63) is 102 Å². The number of nitrogens with one attached hydrogen (secondary N) is 1. The summed E-state index contributed by atoms with van der Waals surface area (Å²) in [4.78, 5) is 26.5. The second-order valence-corrected chi connectivity index (χ2v) is 13.3. The number of aliphatic hydroxyl groups excluding tert-OH is 1. The van der Waals surface area contributed by atoms with Gasteiger partial charge >= 0.3 is 0 Å². The number of aliphatic hydroxyl groups is 1. The summed E-state index contributed by atoms with van der Waals surface area (Å²) in [6.45, 7) is 6.64. The molecule has 0 radical (unpaired) electrons. The third-order valence-corrected chi connectivity index (χ3v) is 8.98. The molecule has 0 bridgehead atoms. The second kappa shape index (κ2) is 12.4. The first-order valence-electron chi connectivity index (χ1n) is 13.8. The first kappa shape index (κ1) is 28.7. The van der Waals surface area contributed by atoms with Crippen LogP contribution >= 0.6 is 0 Å². The van der Waals surface area contributed by atoms with Gasteiger partial charge in [-0.3, -0.25) is 14.8 Å². The molecule has 1 aromatic carbocycles. The SMILES string of the molecule is CC(C)(C)[S@@](=O)N1Cc2cc(C(=O)NCCc3ccncc3)nc(-c3cccc(-c4ccncc4)c3)c2[C@H]1CCO. The number of amides is 1. The molecule has 4 heterocycles. The zero-order valence-corrected chi connectivity index (χ0v) is 24.4. The van der Waals surface area contributed by atoms with Gasteiger partial charge in [0, 0.05) is 55.6 Å². The molecule has 8 nitrogen and oxygen atoms in total. The van der Waals surface area contributed by atoms with E-state index in [1.807, 2.05) is 73.6 Å². The van der Waals surface area contributed by atoms with Crippen LogP contribution in [-0.4, -0.2) is 52.4 Å². The van der Waals surface area contributed by atoms with E-state index >= 15 is 0 Å². The predicted octanol–water partition coefficient (Wildman–Crippen LogP) is 4.88. The first-order valence-corrected chi connectivity index (χ1v) is 14.9. The van der Waals surface area contributed by atoms with E-state index < -0.39 is 15.7 Å². The molecule has 1 aliphatic heterocycles. The van der Waals surface area contributed by atoms with Crippen LogP contribution in [0.3, 0.4) is 0 Å². The monoisotopic (exact) mass is 569 g/mol. The van der Waals surface area contributed by atoms with Crippen molar-refractivity contribution in [2.24, 2.45) is 0 Å². The van der Waals surface area contributed by atoms with Gasteiger partial charge in [-0.2, -0.15) is 0 Å². The van der Waals surface area contributed by atoms with Crippen LogP contribution in [0.15, 0.2) is 79.4 Å². The maximum Gasteiger partial charge on any atom is 0.269 e. The Labute approximate surface area is 243 Å². The molecule has 2 atom stereocenters. The molecule has 1 aliphatic rings. The highest BCUT2D eigenvalue weighted by Crippen LogP contribution is 2.44. The zero-order valence-electron chi connectivity index (χ0n) is 23.6. The van der Waals surface area contributed by atoms with E-state index in [0.29, 0.717) is 37.3 Å². The number of hydrogen-bond donors (Lipinski definition) is 2. The summed E-state index contributed by atoms with van der Waals surface area (Å²) < 4.78 is 15.1. The molecule has 0 saturated heterocycles. The van der Waals surface area contributed by atoms with Gasteiger partial charge in [0.15, 0.2) is 0 Å². The largest absolute Gasteiger partial charge is 0.396 e. The maximum absolute atomic E-state index is 13.6. The van der Waals surface area contributed by atoms with E-state index in [9.17, 15) is 14.1 Å². The molecule has 2 N–H and O–H groups in total. The van der Waals surface area contributed by atoms with Crippen LogP contribution in [0.5, 0.6) is 0 Å². The van der Waals surface area contributed by atoms with Crippen LogP contribution < -0.4 is 5.32 Å². The summed E-state index contributed by atoms with van der Waals surface area (Å²) in [5.74, 6) is -0.262. The molecule has 212 valence electrons. The molecule has 0 unspecified atom stereocenters. The number of pyridine rings is 3. The Hall–Kier alpha value is -3.79. The summed E-state index contributed by atoms with van der Waals surface area (Å²) in [6, 6.07) is 17.3. The summed E-state index contributed by atoms with van der Waals surface area (Å²) in [7, 11) is -1.33. The van der Waals surface area contributed by atoms with Crippen LogP contribution in [0.4, 0.5) is 0 Å². The molecule has 0 saturated carbocycles. The lowest BCUT2D eigenvalue weighted by atomic mass is 9.94. The Morgan fingerprint density at radius 1 is 1.00 bits per heavy atom. The van der Waals surface area contributed by atoms with E-state index in [-0.39, 0.29) is 18.6 Å². The fourth-order valence-electron chi connectivity index (χ4n) is 5.16. The number of fused-ring (bicyclic) bond motifs is 1. The molecular formula is C32H35N5O3S. The molecule has 4 aromatic rings. The van der Waals surface area contributed by atoms with Gasteiger partial charge in [0.25, 0.3) is 5.91 Å². The van der Waals surface area contributed by atoms with Gasteiger partial charge in [-0.1, -0.05) is 18.2 Å². The average molecular weight is 570 g/mol. The van der Waals surface area contributed by atoms with E-state index in [4.69, 9.17) is 4.98 Å². The average Bonchev–Trinajstić information content (AvgIpc) is 3.35. The Balaban J connectivity index is 1.56. The Bertz CT molecular complexity index is 1540. The van der Waals surface area contributed by atoms with E-state index in [1.165, 1.54) is 0 Å². The Morgan fingerprint density at radius 3 is 2.37 bits per heavy atom. The Morgan fingerprint density at radius 2 is 1.68 bits per heavy atom. The summed E-state index contributed by atoms with van der Waals surface area (Å²) in [5.41, 5.74) is 6.76. The molecule has 41 heavy (non-hydrogen) atoms. The first-order chi connectivity index (χ1) is 19.8. The zero-order chi connectivity index (χ0) is 29.0. The van der Waals surface area contributed by atoms with Crippen molar-refractivity contribution in [2.75, 3.05) is 13.2 Å². The number of benzene rings is 1. The summed E-state index contributed by atoms with van der Waals surface area (Å²) in [5, 5.41) is 13.0. The molecule has 0 fully saturated rings. The lowest BCUT2D eigenvalue weighted by Crippen LogP contribution is -2.36. The highest BCUT2D eigenvalue weighted by Gasteiger charge is 2.40. The summed E-state index contributed by atoms with van der Waals surface area (Å²) >= 11 is 0. The molecule has 3 aromatic heterocycles. The van der Waals surface area contributed by atoms with Crippen molar-refractivity contribution < 1.29 is 14.1 Å². The minimum absolute atomic E-state index is 0.0598. The number of rotatable bonds is 9. The number of hydrogen-bond acceptors (Lipinski definition) is 6. The number of aromatic nitrogens is 3. The highest BCUT2D eigenvalue weighted by atomic mass is 32.2. The lowest BCUT2D eigenvalue weighted by Gasteiger charge is -2.30. The number of nitrogens with zero attached hydrogens (tertiary/aromatic N) is 4. The van der Waals surface area contributed by atoms with Crippen LogP contribution in [0.2, 0.25) is 0 Å². The number of carbonyl (C=O) groups excluding carboxylic acids is 1. The van der Waals surface area contributed by atoms with Crippen molar-refractivity contribution in [2.45, 2.75) is 50.9 Å². The number of carbonyl (C=O) groups is 1. The smallest absolute Gasteiger partial charge is 0.269 e. The minimum atomic E-state index is -1.33. The topological polar surface area (TPSA) is 108 Å². The van der Waals surface area contributed by atoms with Gasteiger partial charge in [0.1, 0.15) is 16.7 Å². The van der Waals surface area contributed by atoms with Gasteiger partial charge in [0.2, 0.25) is 0 Å². The van der Waals surface area contributed by atoms with Crippen molar-refractivity contribution in [1.29, 1.82) is 0 Å². The second-order valence-electron chi connectivity index (χ2n) is 11.1. The van der Waals surface area contributed by atoms with Gasteiger partial charge in [-0.15, -0.1) is 0 Å². The van der Waals surface area contributed by atoms with Crippen molar-refractivity contribution in [3.8, 4) is 22.4 Å². The molecule has 0 spiro atoms. The quantitative estimate of drug-likeness (QED) is 0.298. The van der Waals surface area contributed by atoms with Crippen molar-refractivity contribution in [1.82, 2.24) is 24.6 Å². The van der Waals surface area contributed by atoms with Crippen molar-refractivity contribution >= 4 is 16.9 Å². The van der Waals surface area contributed by atoms with E-state index in [0.717, 1.165) is 33.4 Å². The Kier molecular flexibility index (Phi) is 8.68. The van der Waals surface area contributed by atoms with Crippen LogP contribution in [0, 0.1) is 0 Å². The third kappa shape index (κ3) is 6.43. The summed E-state index contributed by atoms with van der Waals surface area (Å²) in [6.07, 6.45) is 8.07. The van der Waals surface area contributed by atoms with Crippen molar-refractivity contribution in [3.63, 3.8) is 0 Å². The van der Waals surface area contributed by atoms with Crippen LogP contribution in [0.25, 0.3) is 22.4 Å². The van der Waals surface area contributed by atoms with Crippen LogP contribution in [0.1, 0.15) is 60.4 Å². The minimum Gasteiger partial charge on any atom is -0.396 e. The molecule has 9 heteroatoms. The molecule has 0 aliphatic carbocycles. The van der Waals surface area contributed by atoms with E-state index in [2.05, 4.69) is 21.4 Å². The maximum atomic E-state index is 13.6. The van der Waals surface area contributed by atoms with Crippen LogP contribution in [-0.2, 0) is 24.0 Å². The standard InChI is InChI=1S/C32H35N5O3S/c1-32(2,3)41(40)37-21-26-20-27(31(39)35-17-9-22-7-13-33-14-8-22)36-30(29(26)28(37)12-18-38)25-6-4-5-24(19-25)23-10-15-34-16-11-23/h4-8,10-11,13-16,19-20,28,38H,9,12,17-18,21H2,1-3H3,(H,35,39)/t28-,41-/m1/s1. The molecular weight excluding hydrogens is 534 g/mol. The van der Waals surface area contributed by atoms with E-state index in [1.54, 1.807) is 24.8 Å². The fraction of sp³-hybridized carbons (Fsp3) is 0.312. The van der Waals surface area contributed by atoms with Gasteiger partial charge in [-0.05, 0) is 92.3 Å². The molecule has 5 rings (SSSR count). The van der Waals surface area contributed by atoms with Gasteiger partial charge in [0.05, 0.1) is 16.5 Å². The van der Waals surface area contributed by atoms with Gasteiger partial charge < -0.3 is 10.4 Å². The normalized spacial score (nSPS) is 15.9.